The molecular weight excluding hydrogens is 188 g/mol. The molecule has 1 heterocycles. The summed E-state index contributed by atoms with van der Waals surface area (Å²) < 4.78 is 7.53. The Bertz CT molecular complexity index is 314. The van der Waals surface area contributed by atoms with Crippen LogP contribution in [0.25, 0.3) is 0 Å². The molecule has 0 radical (unpaired) electrons. The van der Waals surface area contributed by atoms with E-state index in [1.807, 2.05) is 25.6 Å². The lowest BCUT2D eigenvalue weighted by atomic mass is 10.2. The van der Waals surface area contributed by atoms with Gasteiger partial charge in [0.1, 0.15) is 0 Å². The van der Waals surface area contributed by atoms with E-state index in [2.05, 4.69) is 18.9 Å². The Morgan fingerprint density at radius 1 is 1.33 bits per heavy atom. The summed E-state index contributed by atoms with van der Waals surface area (Å²) >= 11 is 0. The standard InChI is InChI=1S/C10H16N2O.C2H6/c1-7-8(2)12(3)11-10(7)6-13-9-4-5-9;1-2/h9H,4-6H2,1-3H3;1-2H3. The molecule has 1 fully saturated rings. The van der Waals surface area contributed by atoms with E-state index in [-0.39, 0.29) is 0 Å². The van der Waals surface area contributed by atoms with Crippen molar-refractivity contribution < 1.29 is 4.74 Å². The molecule has 0 atom stereocenters. The van der Waals surface area contributed by atoms with Gasteiger partial charge in [0.05, 0.1) is 18.4 Å². The van der Waals surface area contributed by atoms with E-state index in [1.54, 1.807) is 0 Å². The van der Waals surface area contributed by atoms with Crippen LogP contribution in [0.3, 0.4) is 0 Å². The van der Waals surface area contributed by atoms with Gasteiger partial charge in [-0.15, -0.1) is 0 Å². The van der Waals surface area contributed by atoms with Crippen molar-refractivity contribution >= 4 is 0 Å². The highest BCUT2D eigenvalue weighted by Gasteiger charge is 2.22. The van der Waals surface area contributed by atoms with Gasteiger partial charge in [-0.3, -0.25) is 4.68 Å². The topological polar surface area (TPSA) is 27.1 Å². The molecule has 1 aromatic heterocycles. The monoisotopic (exact) mass is 210 g/mol. The first-order chi connectivity index (χ1) is 7.18. The number of rotatable bonds is 3. The summed E-state index contributed by atoms with van der Waals surface area (Å²) in [6.07, 6.45) is 2.97. The van der Waals surface area contributed by atoms with Crippen molar-refractivity contribution in [2.45, 2.75) is 53.2 Å². The van der Waals surface area contributed by atoms with E-state index in [0.29, 0.717) is 12.7 Å². The maximum Gasteiger partial charge on any atom is 0.0913 e. The quantitative estimate of drug-likeness (QED) is 0.767. The second kappa shape index (κ2) is 5.31. The summed E-state index contributed by atoms with van der Waals surface area (Å²) in [7, 11) is 1.98. The zero-order chi connectivity index (χ0) is 11.4. The highest BCUT2D eigenvalue weighted by Crippen LogP contribution is 2.25. The predicted octanol–water partition coefficient (Wildman–Crippen LogP) is 2.74. The van der Waals surface area contributed by atoms with Crippen molar-refractivity contribution in [3.05, 3.63) is 17.0 Å². The van der Waals surface area contributed by atoms with Crippen LogP contribution < -0.4 is 0 Å². The van der Waals surface area contributed by atoms with Crippen molar-refractivity contribution in [1.82, 2.24) is 9.78 Å². The number of aryl methyl sites for hydroxylation is 1. The Morgan fingerprint density at radius 2 is 1.93 bits per heavy atom. The first kappa shape index (κ1) is 12.2. The van der Waals surface area contributed by atoms with Crippen molar-refractivity contribution in [3.8, 4) is 0 Å². The Hall–Kier alpha value is -0.830. The van der Waals surface area contributed by atoms with Crippen molar-refractivity contribution in [2.75, 3.05) is 0 Å². The molecule has 0 aliphatic heterocycles. The third-order valence-electron chi connectivity index (χ3n) is 2.71. The van der Waals surface area contributed by atoms with Crippen LogP contribution in [0.2, 0.25) is 0 Å². The molecule has 1 aliphatic rings. The molecule has 0 spiro atoms. The number of hydrogen-bond donors (Lipinski definition) is 0. The molecule has 2 rings (SSSR count). The molecule has 0 unspecified atom stereocenters. The van der Waals surface area contributed by atoms with E-state index in [1.165, 1.54) is 24.1 Å². The number of hydrogen-bond acceptors (Lipinski definition) is 2. The van der Waals surface area contributed by atoms with Crippen LogP contribution in [-0.4, -0.2) is 15.9 Å². The second-order valence-electron chi connectivity index (χ2n) is 3.79. The minimum atomic E-state index is 0.515. The largest absolute Gasteiger partial charge is 0.372 e. The minimum absolute atomic E-state index is 0.515. The van der Waals surface area contributed by atoms with Crippen LogP contribution in [0.5, 0.6) is 0 Å². The fourth-order valence-electron chi connectivity index (χ4n) is 1.35. The fraction of sp³-hybridized carbons (Fsp3) is 0.750. The summed E-state index contributed by atoms with van der Waals surface area (Å²) in [6, 6.07) is 0. The van der Waals surface area contributed by atoms with Gasteiger partial charge < -0.3 is 4.74 Å². The van der Waals surface area contributed by atoms with Gasteiger partial charge in [-0.05, 0) is 32.3 Å². The van der Waals surface area contributed by atoms with Gasteiger partial charge in [0.2, 0.25) is 0 Å². The summed E-state index contributed by atoms with van der Waals surface area (Å²) in [6.45, 7) is 8.87. The molecule has 3 nitrogen and oxygen atoms in total. The van der Waals surface area contributed by atoms with Gasteiger partial charge in [-0.1, -0.05) is 13.8 Å². The van der Waals surface area contributed by atoms with Gasteiger partial charge in [0.25, 0.3) is 0 Å². The molecular formula is C12H22N2O. The molecule has 1 saturated carbocycles. The fourth-order valence-corrected chi connectivity index (χ4v) is 1.35. The maximum atomic E-state index is 5.61. The van der Waals surface area contributed by atoms with Gasteiger partial charge in [-0.25, -0.2) is 0 Å². The zero-order valence-corrected chi connectivity index (χ0v) is 10.5. The van der Waals surface area contributed by atoms with E-state index in [0.717, 1.165) is 5.69 Å². The van der Waals surface area contributed by atoms with Crippen molar-refractivity contribution in [2.24, 2.45) is 7.05 Å². The first-order valence-corrected chi connectivity index (χ1v) is 5.79. The van der Waals surface area contributed by atoms with Crippen LogP contribution in [0.4, 0.5) is 0 Å². The van der Waals surface area contributed by atoms with E-state index < -0.39 is 0 Å². The van der Waals surface area contributed by atoms with Crippen LogP contribution in [0.15, 0.2) is 0 Å². The number of nitrogens with zero attached hydrogens (tertiary/aromatic N) is 2. The SMILES string of the molecule is CC.Cc1c(COC2CC2)nn(C)c1C. The normalized spacial score (nSPS) is 14.7. The van der Waals surface area contributed by atoms with Gasteiger partial charge in [0, 0.05) is 12.7 Å². The number of aromatic nitrogens is 2. The molecule has 1 aliphatic carbocycles. The third kappa shape index (κ3) is 3.06. The molecule has 3 heteroatoms. The summed E-state index contributed by atoms with van der Waals surface area (Å²) in [5.41, 5.74) is 3.59. The predicted molar refractivity (Wildman–Crippen MR) is 61.8 cm³/mol. The van der Waals surface area contributed by atoms with Crippen LogP contribution >= 0.6 is 0 Å². The van der Waals surface area contributed by atoms with Crippen LogP contribution in [0, 0.1) is 13.8 Å². The van der Waals surface area contributed by atoms with E-state index in [9.17, 15) is 0 Å². The Balaban J connectivity index is 0.000000531. The molecule has 15 heavy (non-hydrogen) atoms. The summed E-state index contributed by atoms with van der Waals surface area (Å²) in [4.78, 5) is 0. The number of ether oxygens (including phenoxy) is 1. The molecule has 0 bridgehead atoms. The molecule has 1 aromatic rings. The third-order valence-corrected chi connectivity index (χ3v) is 2.71. The minimum Gasteiger partial charge on any atom is -0.372 e. The highest BCUT2D eigenvalue weighted by atomic mass is 16.5. The molecule has 86 valence electrons. The van der Waals surface area contributed by atoms with Gasteiger partial charge >= 0.3 is 0 Å². The molecule has 0 saturated heterocycles. The summed E-state index contributed by atoms with van der Waals surface area (Å²) in [5, 5.41) is 4.40. The lowest BCUT2D eigenvalue weighted by Crippen LogP contribution is -1.98. The average Bonchev–Trinajstić information content (AvgIpc) is 3.04. The smallest absolute Gasteiger partial charge is 0.0913 e. The maximum absolute atomic E-state index is 5.61. The summed E-state index contributed by atoms with van der Waals surface area (Å²) in [5.74, 6) is 0. The van der Waals surface area contributed by atoms with Gasteiger partial charge in [-0.2, -0.15) is 5.10 Å². The average molecular weight is 210 g/mol. The molecule has 0 amide bonds. The van der Waals surface area contributed by atoms with Crippen LogP contribution in [-0.2, 0) is 18.4 Å². The Morgan fingerprint density at radius 3 is 2.33 bits per heavy atom. The lowest BCUT2D eigenvalue weighted by molar-refractivity contribution is 0.103. The van der Waals surface area contributed by atoms with Gasteiger partial charge in [0.15, 0.2) is 0 Å². The van der Waals surface area contributed by atoms with Crippen LogP contribution in [0.1, 0.15) is 43.6 Å². The second-order valence-corrected chi connectivity index (χ2v) is 3.79. The Kier molecular flexibility index (Phi) is 4.33. The lowest BCUT2D eigenvalue weighted by Gasteiger charge is -1.98. The first-order valence-electron chi connectivity index (χ1n) is 5.79. The molecule has 0 N–H and O–H groups in total. The van der Waals surface area contributed by atoms with Crippen molar-refractivity contribution in [3.63, 3.8) is 0 Å². The Labute approximate surface area is 92.4 Å². The van der Waals surface area contributed by atoms with Crippen molar-refractivity contribution in [1.29, 1.82) is 0 Å². The van der Waals surface area contributed by atoms with E-state index in [4.69, 9.17) is 4.74 Å². The zero-order valence-electron chi connectivity index (χ0n) is 10.5. The highest BCUT2D eigenvalue weighted by molar-refractivity contribution is 5.22. The molecule has 0 aromatic carbocycles. The van der Waals surface area contributed by atoms with E-state index >= 15 is 0 Å².